The number of nitro groups is 1. The number of ether oxygens (including phenoxy) is 1. The number of esters is 1. The molecule has 0 atom stereocenters. The first-order chi connectivity index (χ1) is 12.5. The predicted octanol–water partition coefficient (Wildman–Crippen LogP) is 3.75. The fourth-order valence-electron chi connectivity index (χ4n) is 2.69. The van der Waals surface area contributed by atoms with Gasteiger partial charge in [0, 0.05) is 12.1 Å². The molecule has 7 nitrogen and oxygen atoms in total. The number of para-hydroxylation sites is 1. The van der Waals surface area contributed by atoms with Crippen LogP contribution in [0.1, 0.15) is 27.3 Å². The van der Waals surface area contributed by atoms with Gasteiger partial charge in [-0.1, -0.05) is 18.2 Å². The van der Waals surface area contributed by atoms with E-state index in [-0.39, 0.29) is 12.3 Å². The maximum Gasteiger partial charge on any atom is 0.342 e. The molecule has 0 amide bonds. The highest BCUT2D eigenvalue weighted by atomic mass is 16.6. The Bertz CT molecular complexity index is 947. The molecule has 3 rings (SSSR count). The Balaban J connectivity index is 1.76. The average molecular weight is 351 g/mol. The number of nitrogens with zero attached hydrogens (tertiary/aromatic N) is 3. The Hall–Kier alpha value is -3.48. The minimum Gasteiger partial charge on any atom is -0.457 e. The monoisotopic (exact) mass is 351 g/mol. The third kappa shape index (κ3) is 3.46. The number of nitro benzene ring substituents is 1. The molecule has 7 heteroatoms. The van der Waals surface area contributed by atoms with Gasteiger partial charge in [-0.15, -0.1) is 0 Å². The molecule has 2 aromatic carbocycles. The Morgan fingerprint density at radius 2 is 1.77 bits per heavy atom. The molecule has 0 aliphatic carbocycles. The minimum absolute atomic E-state index is 0.00379. The van der Waals surface area contributed by atoms with Gasteiger partial charge in [-0.05, 0) is 43.7 Å². The first kappa shape index (κ1) is 17.3. The highest BCUT2D eigenvalue weighted by Crippen LogP contribution is 2.20. The first-order valence-electron chi connectivity index (χ1n) is 7.99. The molecule has 132 valence electrons. The smallest absolute Gasteiger partial charge is 0.342 e. The van der Waals surface area contributed by atoms with E-state index in [1.54, 1.807) is 23.7 Å². The van der Waals surface area contributed by atoms with Gasteiger partial charge in [0.25, 0.3) is 5.69 Å². The van der Waals surface area contributed by atoms with E-state index in [1.165, 1.54) is 12.1 Å². The molecule has 0 spiro atoms. The van der Waals surface area contributed by atoms with E-state index in [2.05, 4.69) is 5.10 Å². The van der Waals surface area contributed by atoms with Crippen molar-refractivity contribution in [3.8, 4) is 5.69 Å². The lowest BCUT2D eigenvalue weighted by atomic mass is 10.2. The van der Waals surface area contributed by atoms with Gasteiger partial charge in [0.05, 0.1) is 22.0 Å². The molecular weight excluding hydrogens is 334 g/mol. The van der Waals surface area contributed by atoms with Crippen LogP contribution in [0.3, 0.4) is 0 Å². The van der Waals surface area contributed by atoms with Crippen LogP contribution in [0.25, 0.3) is 5.69 Å². The van der Waals surface area contributed by atoms with Gasteiger partial charge in [-0.25, -0.2) is 9.48 Å². The number of carbonyl (C=O) groups is 1. The lowest BCUT2D eigenvalue weighted by Crippen LogP contribution is -2.08. The Morgan fingerprint density at radius 3 is 2.38 bits per heavy atom. The van der Waals surface area contributed by atoms with E-state index < -0.39 is 10.9 Å². The molecular formula is C19H17N3O4. The molecule has 0 saturated heterocycles. The number of hydrogen-bond acceptors (Lipinski definition) is 5. The van der Waals surface area contributed by atoms with Gasteiger partial charge in [-0.2, -0.15) is 5.10 Å². The molecule has 26 heavy (non-hydrogen) atoms. The van der Waals surface area contributed by atoms with Crippen molar-refractivity contribution < 1.29 is 14.5 Å². The molecule has 1 heterocycles. The van der Waals surface area contributed by atoms with Crippen LogP contribution < -0.4 is 0 Å². The Labute approximate surface area is 150 Å². The third-order valence-electron chi connectivity index (χ3n) is 4.01. The number of aromatic nitrogens is 2. The second-order valence-electron chi connectivity index (χ2n) is 5.79. The van der Waals surface area contributed by atoms with Crippen LogP contribution in [0.4, 0.5) is 5.69 Å². The highest BCUT2D eigenvalue weighted by molar-refractivity contribution is 5.92. The lowest BCUT2D eigenvalue weighted by Gasteiger charge is -2.06. The van der Waals surface area contributed by atoms with Gasteiger partial charge in [0.1, 0.15) is 12.2 Å². The zero-order chi connectivity index (χ0) is 18.7. The molecule has 0 unspecified atom stereocenters. The van der Waals surface area contributed by atoms with Crippen LogP contribution in [-0.4, -0.2) is 20.7 Å². The summed E-state index contributed by atoms with van der Waals surface area (Å²) in [5, 5.41) is 15.1. The van der Waals surface area contributed by atoms with Crippen molar-refractivity contribution in [2.24, 2.45) is 0 Å². The van der Waals surface area contributed by atoms with Gasteiger partial charge >= 0.3 is 5.97 Å². The normalized spacial score (nSPS) is 10.5. The SMILES string of the molecule is Cc1nn(-c2ccccc2)c(C)c1C(=O)OCc1ccc([N+](=O)[O-])cc1. The first-order valence-corrected chi connectivity index (χ1v) is 7.99. The van der Waals surface area contributed by atoms with Gasteiger partial charge < -0.3 is 4.74 Å². The summed E-state index contributed by atoms with van der Waals surface area (Å²) in [6.45, 7) is 3.61. The van der Waals surface area contributed by atoms with Crippen LogP contribution in [0, 0.1) is 24.0 Å². The molecule has 0 aliphatic rings. The fourth-order valence-corrected chi connectivity index (χ4v) is 2.69. The zero-order valence-electron chi connectivity index (χ0n) is 14.4. The summed E-state index contributed by atoms with van der Waals surface area (Å²) in [5.74, 6) is -0.472. The van der Waals surface area contributed by atoms with Crippen LogP contribution >= 0.6 is 0 Å². The van der Waals surface area contributed by atoms with Crippen LogP contribution in [-0.2, 0) is 11.3 Å². The highest BCUT2D eigenvalue weighted by Gasteiger charge is 2.20. The summed E-state index contributed by atoms with van der Waals surface area (Å²) in [6, 6.07) is 15.4. The van der Waals surface area contributed by atoms with E-state index in [0.29, 0.717) is 22.5 Å². The molecule has 3 aromatic rings. The minimum atomic E-state index is -0.472. The van der Waals surface area contributed by atoms with Crippen LogP contribution in [0.15, 0.2) is 54.6 Å². The number of aryl methyl sites for hydroxylation is 1. The maximum atomic E-state index is 12.5. The molecule has 0 fully saturated rings. The molecule has 0 N–H and O–H groups in total. The van der Waals surface area contributed by atoms with Gasteiger partial charge in [-0.3, -0.25) is 10.1 Å². The van der Waals surface area contributed by atoms with Crippen molar-refractivity contribution in [3.63, 3.8) is 0 Å². The Kier molecular flexibility index (Phi) is 4.79. The summed E-state index contributed by atoms with van der Waals surface area (Å²) in [4.78, 5) is 22.7. The van der Waals surface area contributed by atoms with Crippen LogP contribution in [0.2, 0.25) is 0 Å². The quantitative estimate of drug-likeness (QED) is 0.397. The maximum absolute atomic E-state index is 12.5. The van der Waals surface area contributed by atoms with E-state index in [4.69, 9.17) is 4.74 Å². The predicted molar refractivity (Wildman–Crippen MR) is 95.3 cm³/mol. The van der Waals surface area contributed by atoms with Crippen molar-refractivity contribution in [1.82, 2.24) is 9.78 Å². The fraction of sp³-hybridized carbons (Fsp3) is 0.158. The van der Waals surface area contributed by atoms with Crippen LogP contribution in [0.5, 0.6) is 0 Å². The number of rotatable bonds is 5. The number of carbonyl (C=O) groups excluding carboxylic acids is 1. The van der Waals surface area contributed by atoms with E-state index in [0.717, 1.165) is 5.69 Å². The van der Waals surface area contributed by atoms with Crippen molar-refractivity contribution >= 4 is 11.7 Å². The number of benzene rings is 2. The van der Waals surface area contributed by atoms with Crippen molar-refractivity contribution in [2.75, 3.05) is 0 Å². The van der Waals surface area contributed by atoms with Gasteiger partial charge in [0.2, 0.25) is 0 Å². The number of non-ortho nitro benzene ring substituents is 1. The Morgan fingerprint density at radius 1 is 1.12 bits per heavy atom. The number of hydrogen-bond donors (Lipinski definition) is 0. The average Bonchev–Trinajstić information content (AvgIpc) is 2.95. The molecule has 0 bridgehead atoms. The lowest BCUT2D eigenvalue weighted by molar-refractivity contribution is -0.384. The van der Waals surface area contributed by atoms with E-state index >= 15 is 0 Å². The van der Waals surface area contributed by atoms with E-state index in [9.17, 15) is 14.9 Å². The third-order valence-corrected chi connectivity index (χ3v) is 4.01. The topological polar surface area (TPSA) is 87.3 Å². The van der Waals surface area contributed by atoms with Gasteiger partial charge in [0.15, 0.2) is 0 Å². The summed E-state index contributed by atoms with van der Waals surface area (Å²) >= 11 is 0. The molecule has 1 aromatic heterocycles. The zero-order valence-corrected chi connectivity index (χ0v) is 14.4. The largest absolute Gasteiger partial charge is 0.457 e. The van der Waals surface area contributed by atoms with Crippen molar-refractivity contribution in [3.05, 3.63) is 87.2 Å². The summed E-state index contributed by atoms with van der Waals surface area (Å²) < 4.78 is 7.07. The molecule has 0 radical (unpaired) electrons. The van der Waals surface area contributed by atoms with Crippen molar-refractivity contribution in [1.29, 1.82) is 0 Å². The summed E-state index contributed by atoms with van der Waals surface area (Å²) in [5.41, 5.74) is 3.24. The summed E-state index contributed by atoms with van der Waals surface area (Å²) in [7, 11) is 0. The molecule has 0 aliphatic heterocycles. The second-order valence-corrected chi connectivity index (χ2v) is 5.79. The summed E-state index contributed by atoms with van der Waals surface area (Å²) in [6.07, 6.45) is 0. The second kappa shape index (κ2) is 7.18. The molecule has 0 saturated carbocycles. The van der Waals surface area contributed by atoms with E-state index in [1.807, 2.05) is 37.3 Å². The van der Waals surface area contributed by atoms with Crippen molar-refractivity contribution in [2.45, 2.75) is 20.5 Å². The standard InChI is InChI=1S/C19H17N3O4/c1-13-18(14(2)21(20-13)16-6-4-3-5-7-16)19(23)26-12-15-8-10-17(11-9-15)22(24)25/h3-11H,12H2,1-2H3.